The molecule has 2 aliphatic rings. The third-order valence-electron chi connectivity index (χ3n) is 7.97. The largest absolute Gasteiger partial charge is 0.481 e. The van der Waals surface area contributed by atoms with Crippen molar-refractivity contribution >= 4 is 59.2 Å². The van der Waals surface area contributed by atoms with Crippen molar-refractivity contribution in [1.29, 1.82) is 0 Å². The summed E-state index contributed by atoms with van der Waals surface area (Å²) < 4.78 is 10.4. The number of nitrogens with two attached hydrogens (primary N) is 1. The van der Waals surface area contributed by atoms with Gasteiger partial charge in [0.1, 0.15) is 25.4 Å². The van der Waals surface area contributed by atoms with Crippen molar-refractivity contribution in [1.82, 2.24) is 20.9 Å². The first-order chi connectivity index (χ1) is 22.7. The zero-order valence-electron chi connectivity index (χ0n) is 26.7. The molecule has 4 unspecified atom stereocenters. The number of thioether (sulfide) groups is 1. The third-order valence-corrected chi connectivity index (χ3v) is 9.46. The minimum Gasteiger partial charge on any atom is -0.481 e. The Morgan fingerprint density at radius 1 is 0.917 bits per heavy atom. The van der Waals surface area contributed by atoms with Gasteiger partial charge >= 0.3 is 17.9 Å². The van der Waals surface area contributed by atoms with Crippen LogP contribution in [0.2, 0.25) is 0 Å². The molecule has 1 aliphatic heterocycles. The van der Waals surface area contributed by atoms with Gasteiger partial charge in [0.15, 0.2) is 0 Å². The summed E-state index contributed by atoms with van der Waals surface area (Å²) in [6.07, 6.45) is 1.73. The highest BCUT2D eigenvalue weighted by Crippen LogP contribution is 2.35. The van der Waals surface area contributed by atoms with E-state index in [1.807, 2.05) is 0 Å². The molecule has 18 nitrogen and oxygen atoms in total. The summed E-state index contributed by atoms with van der Waals surface area (Å²) in [4.78, 5) is 97.5. The number of ether oxygens (including phenoxy) is 2. The lowest BCUT2D eigenvalue weighted by Crippen LogP contribution is -2.50. The van der Waals surface area contributed by atoms with Gasteiger partial charge in [-0.25, -0.2) is 0 Å². The van der Waals surface area contributed by atoms with Crippen molar-refractivity contribution < 1.29 is 63.1 Å². The maximum atomic E-state index is 13.3. The highest BCUT2D eigenvalue weighted by Gasteiger charge is 2.46. The number of carbonyl (C=O) groups is 8. The number of rotatable bonds is 22. The Balaban J connectivity index is 1.84. The standard InChI is InChI=1S/C29H45N5O13S/c1-16-24(48-14-20(26(41)31-12-23(38)39)33-21(35)7-6-19(30)29(44)45)28(43)34(27(16)42)13-17-2-4-18(5-3-17)25(40)32-15-47-11-10-46-9-8-22(36)37/h16-20,24H,2-15,30H2,1H3,(H,31,41)(H,32,40)(H,33,35)(H,36,37)(H,38,39)(H,44,45). The van der Waals surface area contributed by atoms with E-state index in [1.54, 1.807) is 6.92 Å². The number of carboxylic acids is 3. The summed E-state index contributed by atoms with van der Waals surface area (Å²) >= 11 is 0.982. The summed E-state index contributed by atoms with van der Waals surface area (Å²) in [6.45, 7) is 1.51. The molecular formula is C29H45N5O13S. The van der Waals surface area contributed by atoms with E-state index in [4.69, 9.17) is 30.5 Å². The molecular weight excluding hydrogens is 658 g/mol. The quantitative estimate of drug-likeness (QED) is 0.0378. The van der Waals surface area contributed by atoms with Gasteiger partial charge in [0.2, 0.25) is 29.5 Å². The second-order valence-corrected chi connectivity index (χ2v) is 12.8. The SMILES string of the molecule is CC1C(=O)N(CC2CCC(C(=O)NCOCCOCCC(=O)O)CC2)C(=O)C1SCC(NC(=O)CCC(N)C(=O)O)C(=O)NCC(=O)O. The first-order valence-corrected chi connectivity index (χ1v) is 16.6. The van der Waals surface area contributed by atoms with E-state index in [-0.39, 0.29) is 81.8 Å². The molecule has 0 aromatic rings. The van der Waals surface area contributed by atoms with Gasteiger partial charge in [0, 0.05) is 24.6 Å². The number of carbonyl (C=O) groups excluding carboxylic acids is 5. The molecule has 2 rings (SSSR count). The van der Waals surface area contributed by atoms with Gasteiger partial charge in [0.25, 0.3) is 0 Å². The molecule has 0 spiro atoms. The molecule has 4 atom stereocenters. The van der Waals surface area contributed by atoms with Crippen molar-refractivity contribution in [2.75, 3.05) is 45.4 Å². The number of nitrogens with zero attached hydrogens (tertiary/aromatic N) is 1. The Morgan fingerprint density at radius 2 is 1.58 bits per heavy atom. The number of nitrogens with one attached hydrogen (secondary N) is 3. The van der Waals surface area contributed by atoms with E-state index < -0.39 is 65.4 Å². The van der Waals surface area contributed by atoms with E-state index in [0.717, 1.165) is 11.8 Å². The molecule has 1 saturated carbocycles. The van der Waals surface area contributed by atoms with Crippen LogP contribution in [0.3, 0.4) is 0 Å². The van der Waals surface area contributed by atoms with Crippen LogP contribution < -0.4 is 21.7 Å². The van der Waals surface area contributed by atoms with Crippen molar-refractivity contribution in [3.63, 3.8) is 0 Å². The molecule has 1 heterocycles. The minimum atomic E-state index is -1.31. The van der Waals surface area contributed by atoms with Crippen molar-refractivity contribution in [3.05, 3.63) is 0 Å². The van der Waals surface area contributed by atoms with Crippen molar-refractivity contribution in [3.8, 4) is 0 Å². The van der Waals surface area contributed by atoms with Crippen LogP contribution in [0.1, 0.15) is 51.9 Å². The van der Waals surface area contributed by atoms with Crippen LogP contribution in [0.4, 0.5) is 0 Å². The fourth-order valence-electron chi connectivity index (χ4n) is 5.18. The predicted molar refractivity (Wildman–Crippen MR) is 167 cm³/mol. The number of carboxylic acid groups (broad SMARTS) is 3. The third kappa shape index (κ3) is 13.7. The summed E-state index contributed by atoms with van der Waals surface area (Å²) in [5, 5.41) is 32.8. The molecule has 1 saturated heterocycles. The Bertz CT molecular complexity index is 1180. The van der Waals surface area contributed by atoms with Gasteiger partial charge in [-0.15, -0.1) is 11.8 Å². The summed E-state index contributed by atoms with van der Waals surface area (Å²) in [5.74, 6) is -7.21. The second-order valence-electron chi connectivity index (χ2n) is 11.6. The van der Waals surface area contributed by atoms with E-state index in [1.165, 1.54) is 4.90 Å². The predicted octanol–water partition coefficient (Wildman–Crippen LogP) is -1.64. The van der Waals surface area contributed by atoms with Gasteiger partial charge in [-0.1, -0.05) is 6.92 Å². The molecule has 0 aromatic heterocycles. The van der Waals surface area contributed by atoms with Gasteiger partial charge in [0.05, 0.1) is 37.4 Å². The smallest absolute Gasteiger partial charge is 0.322 e. The van der Waals surface area contributed by atoms with Crippen LogP contribution in [-0.2, 0) is 47.8 Å². The fourth-order valence-corrected chi connectivity index (χ4v) is 6.49. The molecule has 19 heteroatoms. The number of amides is 5. The van der Waals surface area contributed by atoms with Crippen molar-refractivity contribution in [2.24, 2.45) is 23.5 Å². The highest BCUT2D eigenvalue weighted by atomic mass is 32.2. The summed E-state index contributed by atoms with van der Waals surface area (Å²) in [7, 11) is 0. The van der Waals surface area contributed by atoms with Gasteiger partial charge in [-0.2, -0.15) is 0 Å². The van der Waals surface area contributed by atoms with E-state index in [9.17, 15) is 38.4 Å². The summed E-state index contributed by atoms with van der Waals surface area (Å²) in [5.41, 5.74) is 5.43. The van der Waals surface area contributed by atoms with Crippen LogP contribution in [0, 0.1) is 17.8 Å². The molecule has 0 aromatic carbocycles. The number of hydrogen-bond acceptors (Lipinski definition) is 12. The number of imide groups is 1. The number of hydrogen-bond donors (Lipinski definition) is 7. The molecule has 270 valence electrons. The fraction of sp³-hybridized carbons (Fsp3) is 0.724. The van der Waals surface area contributed by atoms with Crippen LogP contribution in [0.15, 0.2) is 0 Å². The maximum absolute atomic E-state index is 13.3. The van der Waals surface area contributed by atoms with Gasteiger partial charge in [-0.05, 0) is 38.0 Å². The average Bonchev–Trinajstić information content (AvgIpc) is 3.23. The lowest BCUT2D eigenvalue weighted by molar-refractivity contribution is -0.141. The molecule has 5 amide bonds. The monoisotopic (exact) mass is 703 g/mol. The van der Waals surface area contributed by atoms with Crippen LogP contribution in [0.5, 0.6) is 0 Å². The lowest BCUT2D eigenvalue weighted by Gasteiger charge is -2.30. The average molecular weight is 704 g/mol. The molecule has 2 fully saturated rings. The zero-order valence-corrected chi connectivity index (χ0v) is 27.5. The Kier molecular flexibility index (Phi) is 17.3. The first kappa shape index (κ1) is 40.4. The zero-order chi connectivity index (χ0) is 35.8. The molecule has 0 radical (unpaired) electrons. The van der Waals surface area contributed by atoms with Crippen LogP contribution >= 0.6 is 11.8 Å². The Morgan fingerprint density at radius 3 is 2.21 bits per heavy atom. The molecule has 8 N–H and O–H groups in total. The normalized spacial score (nSPS) is 22.1. The topological polar surface area (TPSA) is 281 Å². The van der Waals surface area contributed by atoms with Crippen LogP contribution in [-0.4, -0.2) is 130 Å². The van der Waals surface area contributed by atoms with E-state index in [2.05, 4.69) is 16.0 Å². The second kappa shape index (κ2) is 20.5. The maximum Gasteiger partial charge on any atom is 0.322 e. The molecule has 0 bridgehead atoms. The Labute approximate surface area is 281 Å². The van der Waals surface area contributed by atoms with Crippen LogP contribution in [0.25, 0.3) is 0 Å². The van der Waals surface area contributed by atoms with Gasteiger partial charge in [-0.3, -0.25) is 43.3 Å². The van der Waals surface area contributed by atoms with Gasteiger partial charge < -0.3 is 46.5 Å². The van der Waals surface area contributed by atoms with E-state index >= 15 is 0 Å². The minimum absolute atomic E-state index is 0.0110. The van der Waals surface area contributed by atoms with Crippen molar-refractivity contribution in [2.45, 2.75) is 69.2 Å². The first-order valence-electron chi connectivity index (χ1n) is 15.6. The lowest BCUT2D eigenvalue weighted by atomic mass is 9.81. The highest BCUT2D eigenvalue weighted by molar-refractivity contribution is 8.00. The molecule has 1 aliphatic carbocycles. The number of aliphatic carboxylic acids is 3. The summed E-state index contributed by atoms with van der Waals surface area (Å²) in [6, 6.07) is -2.56. The molecule has 48 heavy (non-hydrogen) atoms. The Hall–Kier alpha value is -3.81. The van der Waals surface area contributed by atoms with E-state index in [0.29, 0.717) is 25.7 Å². The number of likely N-dealkylation sites (tertiary alicyclic amines) is 1.